The van der Waals surface area contributed by atoms with Gasteiger partial charge in [-0.3, -0.25) is 9.59 Å². The third-order valence-electron chi connectivity index (χ3n) is 6.30. The molecule has 0 aromatic rings. The van der Waals surface area contributed by atoms with E-state index >= 15 is 0 Å². The van der Waals surface area contributed by atoms with Crippen LogP contribution in [0.5, 0.6) is 0 Å². The number of ether oxygens (including phenoxy) is 3. The molecule has 6 nitrogen and oxygen atoms in total. The van der Waals surface area contributed by atoms with Gasteiger partial charge in [-0.1, -0.05) is 12.8 Å². The van der Waals surface area contributed by atoms with Crippen LogP contribution in [0, 0.1) is 10.8 Å². The molecule has 128 valence electrons. The van der Waals surface area contributed by atoms with Crippen LogP contribution in [0.4, 0.5) is 0 Å². The molecule has 1 aliphatic carbocycles. The van der Waals surface area contributed by atoms with Crippen molar-refractivity contribution in [1.29, 1.82) is 0 Å². The number of methoxy groups -OCH3 is 1. The Labute approximate surface area is 135 Å². The molecule has 2 heterocycles. The Bertz CT molecular complexity index is 586. The highest BCUT2D eigenvalue weighted by Crippen LogP contribution is 2.70. The Morgan fingerprint density at radius 2 is 1.83 bits per heavy atom. The van der Waals surface area contributed by atoms with Crippen molar-refractivity contribution in [3.63, 3.8) is 0 Å². The third kappa shape index (κ3) is 1.60. The van der Waals surface area contributed by atoms with Crippen LogP contribution in [0.15, 0.2) is 0 Å². The van der Waals surface area contributed by atoms with Crippen molar-refractivity contribution in [1.82, 2.24) is 0 Å². The Morgan fingerprint density at radius 1 is 1.17 bits per heavy atom. The minimum Gasteiger partial charge on any atom is -0.468 e. The zero-order valence-corrected chi connectivity index (χ0v) is 14.2. The summed E-state index contributed by atoms with van der Waals surface area (Å²) in [4.78, 5) is 38.6. The van der Waals surface area contributed by atoms with Gasteiger partial charge in [-0.05, 0) is 40.0 Å². The normalized spacial score (nSPS) is 44.8. The van der Waals surface area contributed by atoms with Crippen LogP contribution in [-0.2, 0) is 28.6 Å². The lowest BCUT2D eigenvalue weighted by atomic mass is 9.50. The van der Waals surface area contributed by atoms with Crippen LogP contribution >= 0.6 is 0 Å². The number of ketones is 1. The van der Waals surface area contributed by atoms with Gasteiger partial charge in [0, 0.05) is 0 Å². The highest BCUT2D eigenvalue weighted by molar-refractivity contribution is 6.17. The predicted octanol–water partition coefficient (Wildman–Crippen LogP) is 1.79. The van der Waals surface area contributed by atoms with Gasteiger partial charge >= 0.3 is 11.9 Å². The second-order valence-corrected chi connectivity index (χ2v) is 7.37. The molecule has 0 radical (unpaired) electrons. The Kier molecular flexibility index (Phi) is 3.42. The van der Waals surface area contributed by atoms with E-state index in [0.29, 0.717) is 19.3 Å². The van der Waals surface area contributed by atoms with Gasteiger partial charge in [0.1, 0.15) is 5.41 Å². The van der Waals surface area contributed by atoms with Crippen molar-refractivity contribution in [2.75, 3.05) is 13.7 Å². The fourth-order valence-corrected chi connectivity index (χ4v) is 5.02. The molecule has 3 fully saturated rings. The van der Waals surface area contributed by atoms with Crippen molar-refractivity contribution in [3.8, 4) is 0 Å². The number of hydrogen-bond donors (Lipinski definition) is 0. The minimum atomic E-state index is -1.88. The maximum atomic E-state index is 13.4. The lowest BCUT2D eigenvalue weighted by Gasteiger charge is -2.48. The number of fused-ring (bicyclic) bond motifs is 1. The van der Waals surface area contributed by atoms with Crippen LogP contribution < -0.4 is 0 Å². The van der Waals surface area contributed by atoms with E-state index in [4.69, 9.17) is 14.2 Å². The van der Waals surface area contributed by atoms with Crippen molar-refractivity contribution < 1.29 is 28.6 Å². The van der Waals surface area contributed by atoms with Crippen LogP contribution in [0.2, 0.25) is 0 Å². The predicted molar refractivity (Wildman–Crippen MR) is 79.5 cm³/mol. The molecule has 0 N–H and O–H groups in total. The quantitative estimate of drug-likeness (QED) is 0.582. The van der Waals surface area contributed by atoms with E-state index in [-0.39, 0.29) is 12.4 Å². The summed E-state index contributed by atoms with van der Waals surface area (Å²) in [7, 11) is 1.26. The summed E-state index contributed by atoms with van der Waals surface area (Å²) in [5.41, 5.74) is -4.75. The van der Waals surface area contributed by atoms with Crippen LogP contribution in [0.25, 0.3) is 0 Å². The fourth-order valence-electron chi connectivity index (χ4n) is 5.02. The summed E-state index contributed by atoms with van der Waals surface area (Å²) in [6.45, 7) is 5.25. The number of Topliss-reactive ketones (excluding diaryl/α,β-unsaturated/α-hetero) is 1. The minimum absolute atomic E-state index is 0.123. The second kappa shape index (κ2) is 4.79. The maximum absolute atomic E-state index is 13.4. The Morgan fingerprint density at radius 3 is 2.43 bits per heavy atom. The fraction of sp³-hybridized carbons (Fsp3) is 0.824. The molecule has 3 aliphatic rings. The summed E-state index contributed by atoms with van der Waals surface area (Å²) in [5, 5.41) is 0. The molecule has 6 heteroatoms. The Balaban J connectivity index is 2.19. The molecule has 3 rings (SSSR count). The van der Waals surface area contributed by atoms with E-state index in [0.717, 1.165) is 12.8 Å². The number of esters is 2. The first-order valence-electron chi connectivity index (χ1n) is 8.25. The van der Waals surface area contributed by atoms with Gasteiger partial charge in [0.2, 0.25) is 5.60 Å². The largest absolute Gasteiger partial charge is 0.468 e. The summed E-state index contributed by atoms with van der Waals surface area (Å²) >= 11 is 0. The first-order chi connectivity index (χ1) is 10.7. The van der Waals surface area contributed by atoms with Crippen molar-refractivity contribution in [2.45, 2.75) is 64.1 Å². The molecule has 2 bridgehead atoms. The van der Waals surface area contributed by atoms with Gasteiger partial charge < -0.3 is 14.2 Å². The molecular formula is C17H24O6. The third-order valence-corrected chi connectivity index (χ3v) is 6.30. The molecule has 1 saturated carbocycles. The first kappa shape index (κ1) is 16.4. The van der Waals surface area contributed by atoms with Crippen LogP contribution in [-0.4, -0.2) is 42.6 Å². The van der Waals surface area contributed by atoms with E-state index in [1.54, 1.807) is 13.8 Å². The monoisotopic (exact) mass is 324 g/mol. The SMILES string of the molecule is CCOC(=O)[C@]12O[C@@]3(CCCC[C@]3(C)C1=O)C[C@@]2(C)C(=O)OC. The summed E-state index contributed by atoms with van der Waals surface area (Å²) < 4.78 is 16.3. The van der Waals surface area contributed by atoms with Crippen LogP contribution in [0.1, 0.15) is 52.9 Å². The smallest absolute Gasteiger partial charge is 0.347 e. The zero-order valence-electron chi connectivity index (χ0n) is 14.2. The molecule has 2 aliphatic heterocycles. The molecular weight excluding hydrogens is 300 g/mol. The lowest BCUT2D eigenvalue weighted by Crippen LogP contribution is -2.65. The number of rotatable bonds is 3. The summed E-state index contributed by atoms with van der Waals surface area (Å²) in [6, 6.07) is 0. The highest BCUT2D eigenvalue weighted by atomic mass is 16.6. The van der Waals surface area contributed by atoms with Gasteiger partial charge in [-0.2, -0.15) is 0 Å². The molecule has 23 heavy (non-hydrogen) atoms. The topological polar surface area (TPSA) is 78.9 Å². The number of hydrogen-bond acceptors (Lipinski definition) is 6. The van der Waals surface area contributed by atoms with Gasteiger partial charge in [0.25, 0.3) is 0 Å². The molecule has 1 spiro atoms. The van der Waals surface area contributed by atoms with Crippen molar-refractivity contribution >= 4 is 17.7 Å². The Hall–Kier alpha value is -1.43. The molecule has 0 amide bonds. The molecule has 0 aromatic heterocycles. The van der Waals surface area contributed by atoms with Crippen molar-refractivity contribution in [2.24, 2.45) is 10.8 Å². The summed E-state index contributed by atoms with van der Waals surface area (Å²) in [6.07, 6.45) is 3.49. The average molecular weight is 324 g/mol. The molecule has 4 atom stereocenters. The van der Waals surface area contributed by atoms with E-state index in [1.165, 1.54) is 7.11 Å². The van der Waals surface area contributed by atoms with Gasteiger partial charge in [-0.15, -0.1) is 0 Å². The molecule has 2 saturated heterocycles. The second-order valence-electron chi connectivity index (χ2n) is 7.37. The first-order valence-corrected chi connectivity index (χ1v) is 8.25. The number of carbonyl (C=O) groups excluding carboxylic acids is 3. The average Bonchev–Trinajstić information content (AvgIpc) is 2.91. The van der Waals surface area contributed by atoms with E-state index < -0.39 is 34.0 Å². The molecule has 0 aromatic carbocycles. The van der Waals surface area contributed by atoms with E-state index in [1.807, 2.05) is 6.92 Å². The number of carbonyl (C=O) groups is 3. The maximum Gasteiger partial charge on any atom is 0.347 e. The zero-order chi connectivity index (χ0) is 17.1. The highest BCUT2D eigenvalue weighted by Gasteiger charge is 2.86. The van der Waals surface area contributed by atoms with Crippen LogP contribution in [0.3, 0.4) is 0 Å². The van der Waals surface area contributed by atoms with Crippen molar-refractivity contribution in [3.05, 3.63) is 0 Å². The van der Waals surface area contributed by atoms with Gasteiger partial charge in [-0.25, -0.2) is 4.79 Å². The molecule has 0 unspecified atom stereocenters. The van der Waals surface area contributed by atoms with Gasteiger partial charge in [0.15, 0.2) is 5.78 Å². The van der Waals surface area contributed by atoms with E-state index in [2.05, 4.69) is 0 Å². The standard InChI is InChI=1S/C17H24O6/c1-5-22-13(20)17-11(18)14(2)8-6-7-9-16(14,23-17)10-15(17,3)12(19)21-4/h5-10H2,1-4H3/t14-,15+,16+,17-/m1/s1. The summed E-state index contributed by atoms with van der Waals surface area (Å²) in [5.74, 6) is -1.67. The van der Waals surface area contributed by atoms with E-state index in [9.17, 15) is 14.4 Å². The van der Waals surface area contributed by atoms with Gasteiger partial charge in [0.05, 0.1) is 24.7 Å². The lowest BCUT2D eigenvalue weighted by molar-refractivity contribution is -0.188.